The highest BCUT2D eigenvalue weighted by Gasteiger charge is 2.09. The van der Waals surface area contributed by atoms with E-state index in [4.69, 9.17) is 10.2 Å². The number of hydrogen-bond donors (Lipinski definition) is 1. The van der Waals surface area contributed by atoms with E-state index in [1.54, 1.807) is 0 Å². The lowest BCUT2D eigenvalue weighted by Crippen LogP contribution is -1.99. The Morgan fingerprint density at radius 1 is 1.35 bits per heavy atom. The Morgan fingerprint density at radius 3 is 2.94 bits per heavy atom. The molecule has 0 radical (unpaired) electrons. The molecule has 0 aliphatic rings. The molecule has 86 valence electrons. The van der Waals surface area contributed by atoms with Gasteiger partial charge in [0.15, 0.2) is 5.76 Å². The third-order valence-corrected chi connectivity index (χ3v) is 2.78. The summed E-state index contributed by atoms with van der Waals surface area (Å²) in [6.45, 7) is 2.41. The summed E-state index contributed by atoms with van der Waals surface area (Å²) in [6.07, 6.45) is 3.91. The number of rotatable bonds is 2. The monoisotopic (exact) mass is 227 g/mol. The first-order valence-electron chi connectivity index (χ1n) is 5.51. The largest absolute Gasteiger partial charge is 0.460 e. The molecular formula is C13H13N3O. The zero-order valence-electron chi connectivity index (χ0n) is 9.55. The minimum atomic E-state index is 0.484. The van der Waals surface area contributed by atoms with Gasteiger partial charge in [0.25, 0.3) is 0 Å². The maximum atomic E-state index is 5.69. The molecule has 0 spiro atoms. The number of pyridine rings is 1. The lowest BCUT2D eigenvalue weighted by Gasteiger charge is -1.97. The van der Waals surface area contributed by atoms with Gasteiger partial charge in [-0.2, -0.15) is 0 Å². The highest BCUT2D eigenvalue weighted by Crippen LogP contribution is 2.22. The second-order valence-corrected chi connectivity index (χ2v) is 4.00. The summed E-state index contributed by atoms with van der Waals surface area (Å²) in [7, 11) is 0. The van der Waals surface area contributed by atoms with Crippen LogP contribution in [0.15, 0.2) is 41.1 Å². The fourth-order valence-electron chi connectivity index (χ4n) is 1.92. The van der Waals surface area contributed by atoms with Crippen LogP contribution in [0, 0.1) is 6.92 Å². The normalized spacial score (nSPS) is 11.2. The first-order chi connectivity index (χ1) is 8.28. The van der Waals surface area contributed by atoms with Crippen molar-refractivity contribution in [1.29, 1.82) is 0 Å². The number of aryl methyl sites for hydroxylation is 1. The average Bonchev–Trinajstić information content (AvgIpc) is 2.93. The van der Waals surface area contributed by atoms with E-state index in [1.807, 2.05) is 48.0 Å². The minimum absolute atomic E-state index is 0.484. The predicted octanol–water partition coefficient (Wildman–Crippen LogP) is 2.36. The van der Waals surface area contributed by atoms with Gasteiger partial charge in [0.05, 0.1) is 0 Å². The summed E-state index contributed by atoms with van der Waals surface area (Å²) < 4.78 is 7.53. The maximum Gasteiger partial charge on any atom is 0.154 e. The number of hydrogen-bond acceptors (Lipinski definition) is 3. The fourth-order valence-corrected chi connectivity index (χ4v) is 1.92. The van der Waals surface area contributed by atoms with Gasteiger partial charge < -0.3 is 14.6 Å². The molecule has 0 saturated heterocycles. The molecule has 0 aromatic carbocycles. The Balaban J connectivity index is 2.19. The summed E-state index contributed by atoms with van der Waals surface area (Å²) in [5, 5.41) is 0. The summed E-state index contributed by atoms with van der Waals surface area (Å²) in [4.78, 5) is 4.56. The van der Waals surface area contributed by atoms with Crippen LogP contribution in [0.5, 0.6) is 0 Å². The molecule has 0 aliphatic carbocycles. The molecule has 0 bridgehead atoms. The smallest absolute Gasteiger partial charge is 0.154 e. The molecule has 0 atom stereocenters. The standard InChI is InChI=1S/C13H13N3O/c1-9-4-5-12(17-9)11-8-16-6-2-3-10(7-14)13(16)15-11/h2-6,8H,7,14H2,1H3. The third-order valence-electron chi connectivity index (χ3n) is 2.78. The molecule has 0 fully saturated rings. The van der Waals surface area contributed by atoms with Crippen LogP contribution in [0.25, 0.3) is 17.1 Å². The molecule has 4 heteroatoms. The number of nitrogens with zero attached hydrogens (tertiary/aromatic N) is 2. The van der Waals surface area contributed by atoms with Gasteiger partial charge in [0, 0.05) is 24.5 Å². The van der Waals surface area contributed by atoms with Crippen LogP contribution >= 0.6 is 0 Å². The van der Waals surface area contributed by atoms with Crippen molar-refractivity contribution in [3.8, 4) is 11.5 Å². The zero-order chi connectivity index (χ0) is 11.8. The first kappa shape index (κ1) is 10.1. The summed E-state index contributed by atoms with van der Waals surface area (Å²) in [5.74, 6) is 1.67. The lowest BCUT2D eigenvalue weighted by atomic mass is 10.3. The maximum absolute atomic E-state index is 5.69. The van der Waals surface area contributed by atoms with E-state index in [0.29, 0.717) is 6.54 Å². The van der Waals surface area contributed by atoms with Crippen molar-refractivity contribution < 1.29 is 4.42 Å². The molecule has 2 N–H and O–H groups in total. The van der Waals surface area contributed by atoms with Gasteiger partial charge in [-0.15, -0.1) is 0 Å². The van der Waals surface area contributed by atoms with Crippen LogP contribution in [-0.4, -0.2) is 9.38 Å². The van der Waals surface area contributed by atoms with Gasteiger partial charge in [-0.05, 0) is 25.1 Å². The van der Waals surface area contributed by atoms with Crippen molar-refractivity contribution in [2.75, 3.05) is 0 Å². The molecule has 0 aliphatic heterocycles. The van der Waals surface area contributed by atoms with E-state index in [-0.39, 0.29) is 0 Å². The molecule has 0 saturated carbocycles. The Labute approximate surface area is 98.7 Å². The molecule has 3 rings (SSSR count). The van der Waals surface area contributed by atoms with Crippen molar-refractivity contribution in [1.82, 2.24) is 9.38 Å². The van der Waals surface area contributed by atoms with Crippen molar-refractivity contribution >= 4 is 5.65 Å². The Morgan fingerprint density at radius 2 is 2.24 bits per heavy atom. The molecule has 3 heterocycles. The van der Waals surface area contributed by atoms with Gasteiger partial charge in [-0.25, -0.2) is 4.98 Å². The topological polar surface area (TPSA) is 56.5 Å². The SMILES string of the molecule is Cc1ccc(-c2cn3cccc(CN)c3n2)o1. The summed E-state index contributed by atoms with van der Waals surface area (Å²) in [6, 6.07) is 7.82. The van der Waals surface area contributed by atoms with Crippen molar-refractivity contribution in [3.63, 3.8) is 0 Å². The van der Waals surface area contributed by atoms with Crippen LogP contribution in [0.3, 0.4) is 0 Å². The minimum Gasteiger partial charge on any atom is -0.460 e. The highest BCUT2D eigenvalue weighted by atomic mass is 16.3. The number of aromatic nitrogens is 2. The van der Waals surface area contributed by atoms with E-state index in [9.17, 15) is 0 Å². The zero-order valence-corrected chi connectivity index (χ0v) is 9.55. The predicted molar refractivity (Wildman–Crippen MR) is 65.5 cm³/mol. The van der Waals surface area contributed by atoms with Crippen molar-refractivity contribution in [2.24, 2.45) is 5.73 Å². The molecule has 17 heavy (non-hydrogen) atoms. The lowest BCUT2D eigenvalue weighted by molar-refractivity contribution is 0.547. The van der Waals surface area contributed by atoms with Gasteiger partial charge >= 0.3 is 0 Å². The highest BCUT2D eigenvalue weighted by molar-refractivity contribution is 5.60. The fraction of sp³-hybridized carbons (Fsp3) is 0.154. The first-order valence-corrected chi connectivity index (χ1v) is 5.51. The molecule has 3 aromatic heterocycles. The Bertz CT molecular complexity index is 666. The van der Waals surface area contributed by atoms with Crippen molar-refractivity contribution in [3.05, 3.63) is 48.0 Å². The molecule has 3 aromatic rings. The van der Waals surface area contributed by atoms with E-state index in [2.05, 4.69) is 4.98 Å². The molecular weight excluding hydrogens is 214 g/mol. The van der Waals surface area contributed by atoms with E-state index in [1.165, 1.54) is 0 Å². The van der Waals surface area contributed by atoms with Crippen LogP contribution in [-0.2, 0) is 6.54 Å². The van der Waals surface area contributed by atoms with Gasteiger partial charge in [-0.1, -0.05) is 6.07 Å². The van der Waals surface area contributed by atoms with Crippen molar-refractivity contribution in [2.45, 2.75) is 13.5 Å². The van der Waals surface area contributed by atoms with E-state index in [0.717, 1.165) is 28.4 Å². The summed E-state index contributed by atoms with van der Waals surface area (Å²) >= 11 is 0. The number of imidazole rings is 1. The van der Waals surface area contributed by atoms with Gasteiger partial charge in [0.1, 0.15) is 17.1 Å². The summed E-state index contributed by atoms with van der Waals surface area (Å²) in [5.41, 5.74) is 8.44. The average molecular weight is 227 g/mol. The second-order valence-electron chi connectivity index (χ2n) is 4.00. The quantitative estimate of drug-likeness (QED) is 0.731. The van der Waals surface area contributed by atoms with E-state index < -0.39 is 0 Å². The number of fused-ring (bicyclic) bond motifs is 1. The van der Waals surface area contributed by atoms with Crippen LogP contribution < -0.4 is 5.73 Å². The van der Waals surface area contributed by atoms with E-state index >= 15 is 0 Å². The van der Waals surface area contributed by atoms with Crippen LogP contribution in [0.4, 0.5) is 0 Å². The number of nitrogens with two attached hydrogens (primary N) is 1. The van der Waals surface area contributed by atoms with Crippen LogP contribution in [0.2, 0.25) is 0 Å². The van der Waals surface area contributed by atoms with Gasteiger partial charge in [-0.3, -0.25) is 0 Å². The molecule has 0 amide bonds. The second kappa shape index (κ2) is 3.75. The molecule has 4 nitrogen and oxygen atoms in total. The molecule has 0 unspecified atom stereocenters. The Hall–Kier alpha value is -2.07. The Kier molecular flexibility index (Phi) is 2.23. The van der Waals surface area contributed by atoms with Crippen LogP contribution in [0.1, 0.15) is 11.3 Å². The third kappa shape index (κ3) is 1.62. The van der Waals surface area contributed by atoms with Gasteiger partial charge in [0.2, 0.25) is 0 Å². The number of furan rings is 1.